The van der Waals surface area contributed by atoms with Crippen LogP contribution in [0, 0.1) is 5.92 Å². The van der Waals surface area contributed by atoms with Gasteiger partial charge in [0.05, 0.1) is 41.5 Å². The van der Waals surface area contributed by atoms with Gasteiger partial charge in [-0.25, -0.2) is 19.0 Å². The Hall–Kier alpha value is -9.76. The average molecular weight is 1170 g/mol. The van der Waals surface area contributed by atoms with Crippen molar-refractivity contribution in [2.24, 2.45) is 20.0 Å². The molecular weight excluding hydrogens is 1110 g/mol. The normalized spacial score (nSPS) is 15.2. The van der Waals surface area contributed by atoms with Gasteiger partial charge in [-0.2, -0.15) is 38.0 Å². The Bertz CT molecular complexity index is 3970. The number of aliphatic hydroxyl groups excluding tert-OH is 2. The van der Waals surface area contributed by atoms with Crippen molar-refractivity contribution in [1.82, 2.24) is 58.6 Å². The van der Waals surface area contributed by atoms with Gasteiger partial charge >= 0.3 is 13.2 Å². The van der Waals surface area contributed by atoms with E-state index in [1.54, 1.807) is 69.5 Å². The summed E-state index contributed by atoms with van der Waals surface area (Å²) in [5, 5.41) is 41.5. The molecule has 2 fully saturated rings. The Morgan fingerprint density at radius 1 is 0.624 bits per heavy atom. The van der Waals surface area contributed by atoms with E-state index >= 15 is 0 Å². The highest BCUT2D eigenvalue weighted by molar-refractivity contribution is 6.10. The molecule has 85 heavy (non-hydrogen) atoms. The van der Waals surface area contributed by atoms with Gasteiger partial charge in [0, 0.05) is 90.1 Å². The molecule has 438 valence electrons. The first-order valence-corrected chi connectivity index (χ1v) is 26.9. The maximum Gasteiger partial charge on any atom is 0.387 e. The highest BCUT2D eigenvalue weighted by Gasteiger charge is 2.28. The molecule has 0 spiro atoms. The summed E-state index contributed by atoms with van der Waals surface area (Å²) in [6, 6.07) is 27.6. The minimum atomic E-state index is -3.08. The van der Waals surface area contributed by atoms with Crippen molar-refractivity contribution in [3.05, 3.63) is 169 Å². The molecule has 12 rings (SSSR count). The molecule has 2 saturated heterocycles. The number of aliphatic hydroxyl groups is 2. The number of benzene rings is 4. The second-order valence-electron chi connectivity index (χ2n) is 20.2. The van der Waals surface area contributed by atoms with Crippen LogP contribution < -0.4 is 29.6 Å². The molecule has 8 heterocycles. The van der Waals surface area contributed by atoms with E-state index in [4.69, 9.17) is 18.9 Å². The molecule has 0 unspecified atom stereocenters. The molecule has 4 N–H and O–H groups in total. The summed E-state index contributed by atoms with van der Waals surface area (Å²) >= 11 is 0. The third kappa shape index (κ3) is 13.4. The Morgan fingerprint density at radius 3 is 1.54 bits per heavy atom. The fourth-order valence-corrected chi connectivity index (χ4v) is 10.0. The minimum absolute atomic E-state index is 0.128. The summed E-state index contributed by atoms with van der Waals surface area (Å²) in [6.07, 6.45) is 14.3. The van der Waals surface area contributed by atoms with E-state index in [1.807, 2.05) is 48.5 Å². The average Bonchev–Trinajstić information content (AvgIpc) is 3.03. The minimum Gasteiger partial charge on any atom is -0.457 e. The van der Waals surface area contributed by atoms with Gasteiger partial charge in [-0.1, -0.05) is 24.3 Å². The summed E-state index contributed by atoms with van der Waals surface area (Å²) in [5.41, 5.74) is 4.75. The topological polar surface area (TPSA) is 238 Å². The summed E-state index contributed by atoms with van der Waals surface area (Å²) in [5.74, 6) is 0.903. The Labute approximate surface area is 482 Å². The van der Waals surface area contributed by atoms with Gasteiger partial charge in [-0.15, -0.1) is 0 Å². The second-order valence-corrected chi connectivity index (χ2v) is 20.2. The van der Waals surface area contributed by atoms with Crippen LogP contribution in [0.3, 0.4) is 0 Å². The van der Waals surface area contributed by atoms with Crippen molar-refractivity contribution in [3.63, 3.8) is 0 Å². The molecule has 0 saturated carbocycles. The number of nitrogens with one attached hydrogen (secondary N) is 2. The van der Waals surface area contributed by atoms with Gasteiger partial charge in [0.2, 0.25) is 0 Å². The predicted octanol–water partition coefficient (Wildman–Crippen LogP) is 8.93. The molecule has 0 radical (unpaired) electrons. The van der Waals surface area contributed by atoms with Crippen LogP contribution in [0.1, 0.15) is 44.7 Å². The van der Waals surface area contributed by atoms with E-state index in [0.29, 0.717) is 40.2 Å². The van der Waals surface area contributed by atoms with E-state index in [9.17, 15) is 37.4 Å². The van der Waals surface area contributed by atoms with Crippen molar-refractivity contribution in [1.29, 1.82) is 0 Å². The zero-order valence-corrected chi connectivity index (χ0v) is 45.8. The monoisotopic (exact) mass is 1160 g/mol. The first-order valence-electron chi connectivity index (χ1n) is 26.9. The van der Waals surface area contributed by atoms with Crippen LogP contribution in [0.2, 0.25) is 0 Å². The predicted molar refractivity (Wildman–Crippen MR) is 302 cm³/mol. The molecule has 10 aromatic rings. The van der Waals surface area contributed by atoms with E-state index in [1.165, 1.54) is 61.1 Å². The second kappa shape index (κ2) is 25.4. The van der Waals surface area contributed by atoms with Crippen LogP contribution in [-0.4, -0.2) is 133 Å². The number of nitrogens with zero attached hydrogens (tertiary/aromatic N) is 12. The Kier molecular flexibility index (Phi) is 17.0. The lowest BCUT2D eigenvalue weighted by atomic mass is 10.0. The largest absolute Gasteiger partial charge is 0.457 e. The van der Waals surface area contributed by atoms with Crippen molar-refractivity contribution < 1.29 is 56.3 Å². The first kappa shape index (κ1) is 57.1. The molecule has 22 nitrogen and oxygen atoms in total. The number of hydrogen-bond acceptors (Lipinski definition) is 16. The maximum absolute atomic E-state index is 13.4. The van der Waals surface area contributed by atoms with Gasteiger partial charge in [0.25, 0.3) is 11.8 Å². The van der Waals surface area contributed by atoms with E-state index in [2.05, 4.69) is 50.8 Å². The van der Waals surface area contributed by atoms with Crippen LogP contribution in [0.5, 0.6) is 34.5 Å². The zero-order chi connectivity index (χ0) is 59.1. The molecule has 6 aromatic heterocycles. The van der Waals surface area contributed by atoms with Crippen molar-refractivity contribution in [2.45, 2.75) is 45.2 Å². The number of aromatic nitrogens is 10. The van der Waals surface area contributed by atoms with Crippen LogP contribution in [0.25, 0.3) is 33.8 Å². The number of carbonyl (C=O) groups excluding carboxylic acids is 2. The highest BCUT2D eigenvalue weighted by Crippen LogP contribution is 2.41. The number of alkyl halides is 4. The van der Waals surface area contributed by atoms with Gasteiger partial charge in [0.1, 0.15) is 57.0 Å². The summed E-state index contributed by atoms with van der Waals surface area (Å²) < 4.78 is 80.9. The first-order chi connectivity index (χ1) is 41.2. The van der Waals surface area contributed by atoms with Gasteiger partial charge in [-0.3, -0.25) is 28.8 Å². The van der Waals surface area contributed by atoms with Crippen molar-refractivity contribution in [3.8, 4) is 57.0 Å². The van der Waals surface area contributed by atoms with Crippen LogP contribution in [0.15, 0.2) is 147 Å². The lowest BCUT2D eigenvalue weighted by Gasteiger charge is -2.39. The quantitative estimate of drug-likeness (QED) is 0.0521. The van der Waals surface area contributed by atoms with Gasteiger partial charge in [0.15, 0.2) is 11.3 Å². The molecule has 2 aliphatic heterocycles. The molecule has 2 amide bonds. The molecule has 2 atom stereocenters. The standard InChI is InChI=1S/C30H29F2N7O4.C29H27F2N7O4/c1-37-17-25(35-29(41)24-14-34-39-11-2-10-33-28(24)39)27(36-37)23-13-22(7-8-26(23)43-30(31)32)42-21-5-3-19(4-6-21)15-38-12-9-20(16-38)18-40;1-36-16-24(34-28(40)23-14-33-38-11-2-10-32-27(23)38)26(35-36)22-13-21(7-8-25(22)42-29(30)31)41-20-5-3-18(4-6-20)15-37-12-9-19(37)17-39/h2-8,10-11,13-14,17,20,30,40H,9,12,15-16,18H2,1H3,(H,35,41);2-8,10-11,13-14,16,19,29,39H,9,12,15,17H2,1H3,(H,34,40)/t20-;19-/m01/s1. The number of rotatable bonds is 20. The maximum atomic E-state index is 13.4. The third-order valence-corrected chi connectivity index (χ3v) is 14.3. The summed E-state index contributed by atoms with van der Waals surface area (Å²) in [4.78, 5) is 39.3. The van der Waals surface area contributed by atoms with E-state index in [-0.39, 0.29) is 75.8 Å². The summed E-state index contributed by atoms with van der Waals surface area (Å²) in [7, 11) is 3.30. The lowest BCUT2D eigenvalue weighted by Crippen LogP contribution is -2.48. The Morgan fingerprint density at radius 2 is 1.11 bits per heavy atom. The fourth-order valence-electron chi connectivity index (χ4n) is 10.0. The highest BCUT2D eigenvalue weighted by atomic mass is 19.3. The number of hydrogen-bond donors (Lipinski definition) is 4. The molecule has 26 heteroatoms. The van der Waals surface area contributed by atoms with Gasteiger partial charge < -0.3 is 39.8 Å². The molecule has 2 aliphatic rings. The number of anilines is 2. The van der Waals surface area contributed by atoms with Crippen molar-refractivity contribution >= 4 is 34.5 Å². The van der Waals surface area contributed by atoms with Crippen LogP contribution in [-0.2, 0) is 27.2 Å². The van der Waals surface area contributed by atoms with E-state index < -0.39 is 25.0 Å². The number of aryl methyl sites for hydroxylation is 2. The number of likely N-dealkylation sites (tertiary alicyclic amines) is 2. The van der Waals surface area contributed by atoms with E-state index in [0.717, 1.165) is 56.7 Å². The van der Waals surface area contributed by atoms with Crippen LogP contribution >= 0.6 is 0 Å². The molecule has 0 bridgehead atoms. The van der Waals surface area contributed by atoms with Gasteiger partial charge in [-0.05, 0) is 109 Å². The SMILES string of the molecule is Cn1cc(NC(=O)c2cnn3cccnc23)c(-c2cc(Oc3ccc(CN4CC[C@@H]4CO)cc3)ccc2OC(F)F)n1.Cn1cc(NC(=O)c2cnn3cccnc23)c(-c2cc(Oc3ccc(CN4CC[C@H](CO)C4)cc3)ccc2OC(F)F)n1. The lowest BCUT2D eigenvalue weighted by molar-refractivity contribution is -0.0501. The molecule has 0 aliphatic carbocycles. The number of fused-ring (bicyclic) bond motifs is 2. The number of amides is 2. The van der Waals surface area contributed by atoms with Crippen molar-refractivity contribution in [2.75, 3.05) is 43.5 Å². The smallest absolute Gasteiger partial charge is 0.387 e. The number of carbonyl (C=O) groups is 2. The molecule has 4 aromatic carbocycles. The Balaban J connectivity index is 0.000000177. The fraction of sp³-hybridized carbons (Fsp3) is 0.254. The molecular formula is C59H56F4N14O8. The summed E-state index contributed by atoms with van der Waals surface area (Å²) in [6.45, 7) is -1.52. The third-order valence-electron chi connectivity index (χ3n) is 14.3. The number of ether oxygens (including phenoxy) is 4. The number of halogens is 4. The zero-order valence-electron chi connectivity index (χ0n) is 45.8. The van der Waals surface area contributed by atoms with Crippen LogP contribution in [0.4, 0.5) is 28.9 Å².